The SMILES string of the molecule is CC(C)O[C@H]1CCC2C3CCc4cc(O)ccc4C3CCC21C. The molecule has 3 aliphatic carbocycles. The first-order chi connectivity index (χ1) is 11.0. The quantitative estimate of drug-likeness (QED) is 0.828. The van der Waals surface area contributed by atoms with Gasteiger partial charge in [-0.2, -0.15) is 0 Å². The number of aromatic hydroxyl groups is 1. The van der Waals surface area contributed by atoms with Crippen molar-refractivity contribution in [3.05, 3.63) is 29.3 Å². The van der Waals surface area contributed by atoms with E-state index in [1.807, 2.05) is 12.1 Å². The molecular formula is C21H30O2. The standard InChI is InChI=1S/C21H30O2/c1-13(2)23-20-9-8-19-18-6-4-14-12-15(22)5-7-16(14)17(18)10-11-21(19,20)3/h5,7,12-13,17-20,22H,4,6,8-11H2,1-3H3/t17?,18?,19?,20-,21?/m0/s1. The maximum Gasteiger partial charge on any atom is 0.115 e. The van der Waals surface area contributed by atoms with Crippen molar-refractivity contribution < 1.29 is 9.84 Å². The van der Waals surface area contributed by atoms with E-state index in [1.165, 1.54) is 43.2 Å². The lowest BCUT2D eigenvalue weighted by molar-refractivity contribution is -0.0860. The minimum atomic E-state index is 0.336. The third-order valence-corrected chi connectivity index (χ3v) is 7.06. The van der Waals surface area contributed by atoms with E-state index < -0.39 is 0 Å². The molecule has 2 nitrogen and oxygen atoms in total. The maximum absolute atomic E-state index is 9.78. The molecule has 4 rings (SSSR count). The highest BCUT2D eigenvalue weighted by atomic mass is 16.5. The smallest absolute Gasteiger partial charge is 0.115 e. The van der Waals surface area contributed by atoms with E-state index in [2.05, 4.69) is 26.8 Å². The van der Waals surface area contributed by atoms with E-state index in [-0.39, 0.29) is 0 Å². The Morgan fingerprint density at radius 3 is 2.78 bits per heavy atom. The van der Waals surface area contributed by atoms with E-state index in [4.69, 9.17) is 4.74 Å². The zero-order chi connectivity index (χ0) is 16.2. The first kappa shape index (κ1) is 15.5. The van der Waals surface area contributed by atoms with Crippen molar-refractivity contribution in [1.82, 2.24) is 0 Å². The van der Waals surface area contributed by atoms with Crippen molar-refractivity contribution >= 4 is 0 Å². The molecule has 2 heteroatoms. The fourth-order valence-electron chi connectivity index (χ4n) is 6.07. The van der Waals surface area contributed by atoms with Gasteiger partial charge in [-0.3, -0.25) is 0 Å². The summed E-state index contributed by atoms with van der Waals surface area (Å²) in [6, 6.07) is 6.08. The topological polar surface area (TPSA) is 29.5 Å². The van der Waals surface area contributed by atoms with Crippen molar-refractivity contribution in [3.8, 4) is 5.75 Å². The van der Waals surface area contributed by atoms with Gasteiger partial charge in [-0.15, -0.1) is 0 Å². The third-order valence-electron chi connectivity index (χ3n) is 7.06. The second-order valence-corrected chi connectivity index (χ2v) is 8.59. The van der Waals surface area contributed by atoms with Crippen LogP contribution in [0.15, 0.2) is 18.2 Å². The zero-order valence-electron chi connectivity index (χ0n) is 14.7. The van der Waals surface area contributed by atoms with Gasteiger partial charge < -0.3 is 9.84 Å². The van der Waals surface area contributed by atoms with E-state index >= 15 is 0 Å². The second-order valence-electron chi connectivity index (χ2n) is 8.59. The summed E-state index contributed by atoms with van der Waals surface area (Å²) in [7, 11) is 0. The molecule has 0 radical (unpaired) electrons. The average molecular weight is 314 g/mol. The molecule has 1 aromatic rings. The third kappa shape index (κ3) is 2.41. The molecule has 1 aromatic carbocycles. The van der Waals surface area contributed by atoms with Crippen LogP contribution < -0.4 is 0 Å². The van der Waals surface area contributed by atoms with Gasteiger partial charge in [0.25, 0.3) is 0 Å². The Labute approximate surface area is 140 Å². The number of phenols is 1. The molecule has 126 valence electrons. The molecular weight excluding hydrogens is 284 g/mol. The number of phenolic OH excluding ortho intramolecular Hbond substituents is 1. The van der Waals surface area contributed by atoms with Crippen LogP contribution in [0.5, 0.6) is 5.75 Å². The van der Waals surface area contributed by atoms with Crippen molar-refractivity contribution in [1.29, 1.82) is 0 Å². The summed E-state index contributed by atoms with van der Waals surface area (Å²) in [5, 5.41) is 9.78. The Morgan fingerprint density at radius 2 is 2.00 bits per heavy atom. The van der Waals surface area contributed by atoms with Gasteiger partial charge in [0, 0.05) is 0 Å². The van der Waals surface area contributed by atoms with E-state index in [9.17, 15) is 5.11 Å². The lowest BCUT2D eigenvalue weighted by Gasteiger charge is -2.51. The molecule has 5 atom stereocenters. The molecule has 0 spiro atoms. The second kappa shape index (κ2) is 5.51. The minimum absolute atomic E-state index is 0.336. The number of benzene rings is 1. The van der Waals surface area contributed by atoms with Crippen molar-refractivity contribution in [2.45, 2.75) is 77.4 Å². The zero-order valence-corrected chi connectivity index (χ0v) is 14.7. The van der Waals surface area contributed by atoms with Crippen molar-refractivity contribution in [3.63, 3.8) is 0 Å². The number of ether oxygens (including phenoxy) is 1. The Morgan fingerprint density at radius 1 is 1.17 bits per heavy atom. The van der Waals surface area contributed by atoms with Crippen LogP contribution in [0.2, 0.25) is 0 Å². The molecule has 2 saturated carbocycles. The molecule has 0 heterocycles. The van der Waals surface area contributed by atoms with Crippen LogP contribution in [0, 0.1) is 17.3 Å². The number of aryl methyl sites for hydroxylation is 1. The largest absolute Gasteiger partial charge is 0.508 e. The van der Waals surface area contributed by atoms with Crippen LogP contribution in [-0.2, 0) is 11.2 Å². The molecule has 2 fully saturated rings. The van der Waals surface area contributed by atoms with Gasteiger partial charge in [0.1, 0.15) is 5.75 Å². The average Bonchev–Trinajstić information content (AvgIpc) is 2.83. The Kier molecular flexibility index (Phi) is 3.72. The molecule has 1 N–H and O–H groups in total. The summed E-state index contributed by atoms with van der Waals surface area (Å²) in [6.07, 6.45) is 8.36. The molecule has 3 aliphatic rings. The number of hydrogen-bond acceptors (Lipinski definition) is 2. The summed E-state index contributed by atoms with van der Waals surface area (Å²) in [4.78, 5) is 0. The monoisotopic (exact) mass is 314 g/mol. The molecule has 0 aromatic heterocycles. The van der Waals surface area contributed by atoms with Crippen LogP contribution >= 0.6 is 0 Å². The fraction of sp³-hybridized carbons (Fsp3) is 0.714. The molecule has 4 unspecified atom stereocenters. The fourth-order valence-corrected chi connectivity index (χ4v) is 6.07. The van der Waals surface area contributed by atoms with Crippen LogP contribution in [-0.4, -0.2) is 17.3 Å². The number of rotatable bonds is 2. The van der Waals surface area contributed by atoms with Gasteiger partial charge in [0.05, 0.1) is 12.2 Å². The Balaban J connectivity index is 1.62. The van der Waals surface area contributed by atoms with Crippen molar-refractivity contribution in [2.75, 3.05) is 0 Å². The normalized spacial score (nSPS) is 39.0. The summed E-state index contributed by atoms with van der Waals surface area (Å²) in [5.41, 5.74) is 3.29. The summed E-state index contributed by atoms with van der Waals surface area (Å²) >= 11 is 0. The van der Waals surface area contributed by atoms with Gasteiger partial charge in [0.15, 0.2) is 0 Å². The predicted molar refractivity (Wildman–Crippen MR) is 92.7 cm³/mol. The van der Waals surface area contributed by atoms with E-state index in [1.54, 1.807) is 0 Å². The van der Waals surface area contributed by atoms with Crippen LogP contribution in [0.3, 0.4) is 0 Å². The van der Waals surface area contributed by atoms with Crippen LogP contribution in [0.1, 0.15) is 69.9 Å². The van der Waals surface area contributed by atoms with Crippen molar-refractivity contribution in [2.24, 2.45) is 17.3 Å². The Bertz CT molecular complexity index is 594. The van der Waals surface area contributed by atoms with Crippen LogP contribution in [0.25, 0.3) is 0 Å². The molecule has 0 bridgehead atoms. The highest BCUT2D eigenvalue weighted by Crippen LogP contribution is 2.61. The highest BCUT2D eigenvalue weighted by Gasteiger charge is 2.55. The molecule has 23 heavy (non-hydrogen) atoms. The molecule has 0 saturated heterocycles. The lowest BCUT2D eigenvalue weighted by Crippen LogP contribution is -2.45. The summed E-state index contributed by atoms with van der Waals surface area (Å²) < 4.78 is 6.32. The van der Waals surface area contributed by atoms with Crippen LogP contribution in [0.4, 0.5) is 0 Å². The minimum Gasteiger partial charge on any atom is -0.508 e. The summed E-state index contributed by atoms with van der Waals surface area (Å²) in [6.45, 7) is 6.84. The summed E-state index contributed by atoms with van der Waals surface area (Å²) in [5.74, 6) is 2.75. The van der Waals surface area contributed by atoms with Gasteiger partial charge in [-0.1, -0.05) is 13.0 Å². The first-order valence-corrected chi connectivity index (χ1v) is 9.46. The highest BCUT2D eigenvalue weighted by molar-refractivity contribution is 5.40. The maximum atomic E-state index is 9.78. The van der Waals surface area contributed by atoms with E-state index in [0.29, 0.717) is 29.3 Å². The number of fused-ring (bicyclic) bond motifs is 5. The predicted octanol–water partition coefficient (Wildman–Crippen LogP) is 5.04. The first-order valence-electron chi connectivity index (χ1n) is 9.46. The number of hydrogen-bond donors (Lipinski definition) is 1. The van der Waals surface area contributed by atoms with Gasteiger partial charge in [-0.25, -0.2) is 0 Å². The van der Waals surface area contributed by atoms with E-state index in [0.717, 1.165) is 18.3 Å². The van der Waals surface area contributed by atoms with Gasteiger partial charge >= 0.3 is 0 Å². The lowest BCUT2D eigenvalue weighted by atomic mass is 9.55. The molecule has 0 amide bonds. The van der Waals surface area contributed by atoms with Gasteiger partial charge in [-0.05, 0) is 98.8 Å². The molecule has 0 aliphatic heterocycles. The van der Waals surface area contributed by atoms with Gasteiger partial charge in [0.2, 0.25) is 0 Å². The Hall–Kier alpha value is -1.02.